The smallest absolute Gasteiger partial charge is 0.338 e. The van der Waals surface area contributed by atoms with Crippen molar-refractivity contribution >= 4 is 21.9 Å². The van der Waals surface area contributed by atoms with Gasteiger partial charge < -0.3 is 5.11 Å². The molecule has 1 rings (SSSR count). The van der Waals surface area contributed by atoms with E-state index in [-0.39, 0.29) is 10.0 Å². The van der Waals surface area contributed by atoms with Crippen LogP contribution in [0.1, 0.15) is 15.9 Å². The molecule has 1 aromatic carbocycles. The lowest BCUT2D eigenvalue weighted by Crippen LogP contribution is -2.01. The van der Waals surface area contributed by atoms with Crippen LogP contribution in [0.15, 0.2) is 16.6 Å². The van der Waals surface area contributed by atoms with Gasteiger partial charge in [0.1, 0.15) is 0 Å². The van der Waals surface area contributed by atoms with Crippen molar-refractivity contribution in [2.75, 3.05) is 0 Å². The van der Waals surface area contributed by atoms with Crippen LogP contribution in [0, 0.1) is 12.7 Å². The van der Waals surface area contributed by atoms with Crippen molar-refractivity contribution in [3.63, 3.8) is 0 Å². The number of rotatable bonds is 1. The number of hydrogen-bond acceptors (Lipinski definition) is 1. The zero-order chi connectivity index (χ0) is 9.30. The molecule has 1 N–H and O–H groups in total. The molecule has 0 aromatic heterocycles. The summed E-state index contributed by atoms with van der Waals surface area (Å²) in [6.07, 6.45) is 0. The molecule has 64 valence electrons. The topological polar surface area (TPSA) is 37.3 Å². The van der Waals surface area contributed by atoms with Crippen LogP contribution in [0.2, 0.25) is 0 Å². The Balaban J connectivity index is 3.37. The molecule has 0 atom stereocenters. The standard InChI is InChI=1S/C8H6BrFO2/c1-4-2-5(8(11)12)7(10)6(9)3-4/h2-3H,1H3,(H,11,12). The predicted molar refractivity (Wildman–Crippen MR) is 45.8 cm³/mol. The lowest BCUT2D eigenvalue weighted by atomic mass is 10.1. The molecule has 12 heavy (non-hydrogen) atoms. The Labute approximate surface area is 77.2 Å². The molecule has 1 aromatic rings. The fourth-order valence-electron chi connectivity index (χ4n) is 0.880. The lowest BCUT2D eigenvalue weighted by Gasteiger charge is -2.01. The highest BCUT2D eigenvalue weighted by Crippen LogP contribution is 2.20. The Kier molecular flexibility index (Phi) is 2.47. The molecule has 0 fully saturated rings. The molecule has 0 amide bonds. The Morgan fingerprint density at radius 3 is 2.67 bits per heavy atom. The van der Waals surface area contributed by atoms with E-state index in [1.165, 1.54) is 12.1 Å². The van der Waals surface area contributed by atoms with E-state index in [2.05, 4.69) is 15.9 Å². The highest BCUT2D eigenvalue weighted by atomic mass is 79.9. The first-order chi connectivity index (χ1) is 5.52. The van der Waals surface area contributed by atoms with Crippen LogP contribution in [0.4, 0.5) is 4.39 Å². The first kappa shape index (κ1) is 9.19. The van der Waals surface area contributed by atoms with Crippen LogP contribution in [0.25, 0.3) is 0 Å². The second kappa shape index (κ2) is 3.23. The molecule has 0 saturated heterocycles. The first-order valence-corrected chi connectivity index (χ1v) is 4.00. The van der Waals surface area contributed by atoms with Crippen LogP contribution in [0.3, 0.4) is 0 Å². The van der Waals surface area contributed by atoms with Crippen LogP contribution < -0.4 is 0 Å². The number of carboxylic acids is 1. The largest absolute Gasteiger partial charge is 0.478 e. The fraction of sp³-hybridized carbons (Fsp3) is 0.125. The Bertz CT molecular complexity index is 336. The van der Waals surface area contributed by atoms with Gasteiger partial charge in [0.05, 0.1) is 10.0 Å². The Morgan fingerprint density at radius 1 is 1.58 bits per heavy atom. The molecule has 0 spiro atoms. The summed E-state index contributed by atoms with van der Waals surface area (Å²) in [4.78, 5) is 10.5. The van der Waals surface area contributed by atoms with Gasteiger partial charge in [-0.3, -0.25) is 0 Å². The second-order valence-corrected chi connectivity index (χ2v) is 3.27. The van der Waals surface area contributed by atoms with Crippen molar-refractivity contribution in [1.29, 1.82) is 0 Å². The van der Waals surface area contributed by atoms with Gasteiger partial charge in [0, 0.05) is 0 Å². The van der Waals surface area contributed by atoms with Gasteiger partial charge in [-0.15, -0.1) is 0 Å². The summed E-state index contributed by atoms with van der Waals surface area (Å²) in [6.45, 7) is 1.70. The van der Waals surface area contributed by atoms with E-state index < -0.39 is 11.8 Å². The summed E-state index contributed by atoms with van der Waals surface area (Å²) in [5, 5.41) is 8.55. The lowest BCUT2D eigenvalue weighted by molar-refractivity contribution is 0.0691. The highest BCUT2D eigenvalue weighted by Gasteiger charge is 2.13. The third-order valence-electron chi connectivity index (χ3n) is 1.40. The quantitative estimate of drug-likeness (QED) is 0.809. The normalized spacial score (nSPS) is 9.92. The van der Waals surface area contributed by atoms with E-state index in [0.29, 0.717) is 5.56 Å². The van der Waals surface area contributed by atoms with Crippen molar-refractivity contribution < 1.29 is 14.3 Å². The van der Waals surface area contributed by atoms with Crippen LogP contribution >= 0.6 is 15.9 Å². The summed E-state index contributed by atoms with van der Waals surface area (Å²) in [6, 6.07) is 2.82. The zero-order valence-corrected chi connectivity index (χ0v) is 7.85. The molecule has 4 heteroatoms. The van der Waals surface area contributed by atoms with E-state index in [0.717, 1.165) is 0 Å². The van der Waals surface area contributed by atoms with Gasteiger partial charge in [-0.1, -0.05) is 0 Å². The van der Waals surface area contributed by atoms with Gasteiger partial charge in [-0.05, 0) is 40.5 Å². The number of halogens is 2. The average Bonchev–Trinajstić information content (AvgIpc) is 1.96. The molecule has 0 aliphatic rings. The number of carbonyl (C=O) groups is 1. The Morgan fingerprint density at radius 2 is 2.17 bits per heavy atom. The zero-order valence-electron chi connectivity index (χ0n) is 6.27. The maximum atomic E-state index is 13.0. The van der Waals surface area contributed by atoms with E-state index in [9.17, 15) is 9.18 Å². The first-order valence-electron chi connectivity index (χ1n) is 3.21. The van der Waals surface area contributed by atoms with Gasteiger partial charge in [-0.25, -0.2) is 9.18 Å². The number of benzene rings is 1. The summed E-state index contributed by atoms with van der Waals surface area (Å²) in [5.74, 6) is -1.98. The minimum atomic E-state index is -1.25. The molecule has 0 unspecified atom stereocenters. The maximum Gasteiger partial charge on any atom is 0.338 e. The molecule has 0 heterocycles. The average molecular weight is 233 g/mol. The number of aryl methyl sites for hydroxylation is 1. The number of carboxylic acid groups (broad SMARTS) is 1. The van der Waals surface area contributed by atoms with Gasteiger partial charge in [-0.2, -0.15) is 0 Å². The van der Waals surface area contributed by atoms with Crippen molar-refractivity contribution in [2.24, 2.45) is 0 Å². The van der Waals surface area contributed by atoms with Crippen molar-refractivity contribution in [1.82, 2.24) is 0 Å². The monoisotopic (exact) mass is 232 g/mol. The minimum Gasteiger partial charge on any atom is -0.478 e. The third-order valence-corrected chi connectivity index (χ3v) is 1.98. The van der Waals surface area contributed by atoms with Crippen LogP contribution in [0.5, 0.6) is 0 Å². The summed E-state index contributed by atoms with van der Waals surface area (Å²) in [7, 11) is 0. The Hall–Kier alpha value is -0.900. The molecule has 0 bridgehead atoms. The third kappa shape index (κ3) is 1.64. The van der Waals surface area contributed by atoms with Crippen molar-refractivity contribution in [2.45, 2.75) is 6.92 Å². The predicted octanol–water partition coefficient (Wildman–Crippen LogP) is 2.59. The minimum absolute atomic E-state index is 0.180. The van der Waals surface area contributed by atoms with E-state index >= 15 is 0 Å². The fourth-order valence-corrected chi connectivity index (χ4v) is 1.45. The maximum absolute atomic E-state index is 13.0. The molecule has 0 aliphatic heterocycles. The van der Waals surface area contributed by atoms with Gasteiger partial charge in [0.2, 0.25) is 0 Å². The van der Waals surface area contributed by atoms with Crippen LogP contribution in [-0.4, -0.2) is 11.1 Å². The van der Waals surface area contributed by atoms with Gasteiger partial charge in [0.25, 0.3) is 0 Å². The van der Waals surface area contributed by atoms with Gasteiger partial charge >= 0.3 is 5.97 Å². The molecule has 0 radical (unpaired) electrons. The van der Waals surface area contributed by atoms with E-state index in [1.807, 2.05) is 0 Å². The highest BCUT2D eigenvalue weighted by molar-refractivity contribution is 9.10. The number of aromatic carboxylic acids is 1. The summed E-state index contributed by atoms with van der Waals surface area (Å²) in [5.41, 5.74) is 0.405. The summed E-state index contributed by atoms with van der Waals surface area (Å²) < 4.78 is 13.2. The van der Waals surface area contributed by atoms with Crippen LogP contribution in [-0.2, 0) is 0 Å². The molecular formula is C8H6BrFO2. The molecular weight excluding hydrogens is 227 g/mol. The van der Waals surface area contributed by atoms with E-state index in [4.69, 9.17) is 5.11 Å². The van der Waals surface area contributed by atoms with Crippen molar-refractivity contribution in [3.05, 3.63) is 33.5 Å². The molecule has 0 aliphatic carbocycles. The van der Waals surface area contributed by atoms with E-state index in [1.54, 1.807) is 6.92 Å². The van der Waals surface area contributed by atoms with Gasteiger partial charge in [0.15, 0.2) is 5.82 Å². The summed E-state index contributed by atoms with van der Waals surface area (Å²) >= 11 is 2.93. The SMILES string of the molecule is Cc1cc(Br)c(F)c(C(=O)O)c1. The molecule has 0 saturated carbocycles. The van der Waals surface area contributed by atoms with Crippen molar-refractivity contribution in [3.8, 4) is 0 Å². The number of hydrogen-bond donors (Lipinski definition) is 1. The molecule has 2 nitrogen and oxygen atoms in total. The second-order valence-electron chi connectivity index (χ2n) is 2.41.